The van der Waals surface area contributed by atoms with Gasteiger partial charge in [0.05, 0.1) is 0 Å². The van der Waals surface area contributed by atoms with Crippen molar-refractivity contribution in [2.24, 2.45) is 0 Å². The molecule has 0 heterocycles. The Balaban J connectivity index is 2.00. The SMILES string of the molecule is N#C/C(=C/c1ccccc1)C(=O)NC1CCCCCCC1. The molecule has 2 rings (SSSR count). The van der Waals surface area contributed by atoms with Crippen LogP contribution in [0.3, 0.4) is 0 Å². The van der Waals surface area contributed by atoms with Gasteiger partial charge in [0.25, 0.3) is 5.91 Å². The Bertz CT molecular complexity index is 520. The lowest BCUT2D eigenvalue weighted by Crippen LogP contribution is -2.35. The molecule has 0 unspecified atom stereocenters. The summed E-state index contributed by atoms with van der Waals surface area (Å²) < 4.78 is 0. The summed E-state index contributed by atoms with van der Waals surface area (Å²) in [6.45, 7) is 0. The fraction of sp³-hybridized carbons (Fsp3) is 0.444. The van der Waals surface area contributed by atoms with Crippen LogP contribution in [0.5, 0.6) is 0 Å². The molecule has 3 heteroatoms. The lowest BCUT2D eigenvalue weighted by Gasteiger charge is -2.20. The largest absolute Gasteiger partial charge is 0.349 e. The van der Waals surface area contributed by atoms with Crippen molar-refractivity contribution in [1.29, 1.82) is 5.26 Å². The molecular weight excluding hydrogens is 260 g/mol. The molecule has 1 N–H and O–H groups in total. The number of amides is 1. The maximum Gasteiger partial charge on any atom is 0.262 e. The second-order valence-electron chi connectivity index (χ2n) is 5.60. The van der Waals surface area contributed by atoms with Crippen LogP contribution in [0.25, 0.3) is 6.08 Å². The number of carbonyl (C=O) groups excluding carboxylic acids is 1. The fourth-order valence-corrected chi connectivity index (χ4v) is 2.73. The molecule has 1 aromatic rings. The third-order valence-electron chi connectivity index (χ3n) is 3.92. The maximum atomic E-state index is 12.2. The Morgan fingerprint density at radius 1 is 1.10 bits per heavy atom. The first-order chi connectivity index (χ1) is 10.3. The van der Waals surface area contributed by atoms with Gasteiger partial charge in [0.1, 0.15) is 11.6 Å². The highest BCUT2D eigenvalue weighted by atomic mass is 16.1. The molecule has 1 fully saturated rings. The molecule has 0 spiro atoms. The predicted octanol–water partition coefficient (Wildman–Crippen LogP) is 3.82. The molecule has 0 aromatic heterocycles. The van der Waals surface area contributed by atoms with E-state index in [1.54, 1.807) is 6.08 Å². The highest BCUT2D eigenvalue weighted by Crippen LogP contribution is 2.17. The van der Waals surface area contributed by atoms with E-state index in [0.29, 0.717) is 0 Å². The van der Waals surface area contributed by atoms with Gasteiger partial charge in [0.2, 0.25) is 0 Å². The van der Waals surface area contributed by atoms with Gasteiger partial charge in [-0.05, 0) is 24.5 Å². The van der Waals surface area contributed by atoms with E-state index in [0.717, 1.165) is 31.2 Å². The minimum atomic E-state index is -0.244. The van der Waals surface area contributed by atoms with Crippen LogP contribution in [0.2, 0.25) is 0 Å². The molecule has 3 nitrogen and oxygen atoms in total. The first-order valence-electron chi connectivity index (χ1n) is 7.77. The van der Waals surface area contributed by atoms with Crippen LogP contribution in [-0.2, 0) is 4.79 Å². The van der Waals surface area contributed by atoms with E-state index in [4.69, 9.17) is 0 Å². The summed E-state index contributed by atoms with van der Waals surface area (Å²) in [6, 6.07) is 11.7. The van der Waals surface area contributed by atoms with Crippen LogP contribution in [-0.4, -0.2) is 11.9 Å². The third-order valence-corrected chi connectivity index (χ3v) is 3.92. The molecule has 1 amide bonds. The van der Waals surface area contributed by atoms with Crippen molar-refractivity contribution >= 4 is 12.0 Å². The maximum absolute atomic E-state index is 12.2. The number of nitrogens with zero attached hydrogens (tertiary/aromatic N) is 1. The number of rotatable bonds is 3. The average Bonchev–Trinajstić information content (AvgIpc) is 2.48. The van der Waals surface area contributed by atoms with Gasteiger partial charge in [-0.2, -0.15) is 5.26 Å². The Morgan fingerprint density at radius 2 is 1.71 bits per heavy atom. The summed E-state index contributed by atoms with van der Waals surface area (Å²) in [7, 11) is 0. The monoisotopic (exact) mass is 282 g/mol. The highest BCUT2D eigenvalue weighted by Gasteiger charge is 2.16. The Morgan fingerprint density at radius 3 is 2.33 bits per heavy atom. The van der Waals surface area contributed by atoms with E-state index in [1.807, 2.05) is 36.4 Å². The molecule has 0 saturated heterocycles. The third kappa shape index (κ3) is 5.07. The van der Waals surface area contributed by atoms with Crippen LogP contribution in [0.1, 0.15) is 50.5 Å². The van der Waals surface area contributed by atoms with Gasteiger partial charge in [0.15, 0.2) is 0 Å². The Labute approximate surface area is 126 Å². The van der Waals surface area contributed by atoms with Crippen LogP contribution >= 0.6 is 0 Å². The molecule has 0 aliphatic heterocycles. The lowest BCUT2D eigenvalue weighted by molar-refractivity contribution is -0.117. The minimum Gasteiger partial charge on any atom is -0.349 e. The summed E-state index contributed by atoms with van der Waals surface area (Å²) in [5.41, 5.74) is 1.06. The summed E-state index contributed by atoms with van der Waals surface area (Å²) >= 11 is 0. The molecule has 1 aliphatic rings. The topological polar surface area (TPSA) is 52.9 Å². The van der Waals surface area contributed by atoms with Crippen LogP contribution in [0.4, 0.5) is 0 Å². The van der Waals surface area contributed by atoms with Gasteiger partial charge < -0.3 is 5.32 Å². The lowest BCUT2D eigenvalue weighted by atomic mass is 9.96. The molecule has 0 atom stereocenters. The van der Waals surface area contributed by atoms with Crippen LogP contribution in [0.15, 0.2) is 35.9 Å². The summed E-state index contributed by atoms with van der Waals surface area (Å²) in [5.74, 6) is -0.244. The molecule has 0 bridgehead atoms. The second kappa shape index (κ2) is 8.26. The van der Waals surface area contributed by atoms with E-state index < -0.39 is 0 Å². The van der Waals surface area contributed by atoms with Crippen LogP contribution < -0.4 is 5.32 Å². The van der Waals surface area contributed by atoms with Gasteiger partial charge in [-0.3, -0.25) is 4.79 Å². The van der Waals surface area contributed by atoms with Gasteiger partial charge in [-0.25, -0.2) is 0 Å². The van der Waals surface area contributed by atoms with Crippen LogP contribution in [0, 0.1) is 11.3 Å². The van der Waals surface area contributed by atoms with Crippen molar-refractivity contribution in [3.63, 3.8) is 0 Å². The number of nitriles is 1. The molecule has 1 saturated carbocycles. The number of nitrogens with one attached hydrogen (secondary N) is 1. The first-order valence-corrected chi connectivity index (χ1v) is 7.77. The number of carbonyl (C=O) groups is 1. The van der Waals surface area contributed by atoms with Gasteiger partial charge >= 0.3 is 0 Å². The summed E-state index contributed by atoms with van der Waals surface area (Å²) in [4.78, 5) is 12.2. The van der Waals surface area contributed by atoms with E-state index in [9.17, 15) is 10.1 Å². The van der Waals surface area contributed by atoms with Crippen molar-refractivity contribution in [2.45, 2.75) is 51.0 Å². The van der Waals surface area contributed by atoms with Crippen molar-refractivity contribution < 1.29 is 4.79 Å². The van der Waals surface area contributed by atoms with E-state index in [-0.39, 0.29) is 17.5 Å². The molecule has 0 radical (unpaired) electrons. The van der Waals surface area contributed by atoms with Crippen molar-refractivity contribution in [3.05, 3.63) is 41.5 Å². The minimum absolute atomic E-state index is 0.184. The Kier molecular flexibility index (Phi) is 6.02. The standard InChI is InChI=1S/C18H22N2O/c19-14-16(13-15-9-5-4-6-10-15)18(21)20-17-11-7-2-1-3-8-12-17/h4-6,9-10,13,17H,1-3,7-8,11-12H2,(H,20,21)/b16-13-. The average molecular weight is 282 g/mol. The molecule has 1 aliphatic carbocycles. The van der Waals surface area contributed by atoms with Gasteiger partial charge in [-0.15, -0.1) is 0 Å². The smallest absolute Gasteiger partial charge is 0.262 e. The van der Waals surface area contributed by atoms with Gasteiger partial charge in [-0.1, -0.05) is 62.4 Å². The Hall–Kier alpha value is -2.08. The molecular formula is C18H22N2O. The number of hydrogen-bond acceptors (Lipinski definition) is 2. The zero-order valence-corrected chi connectivity index (χ0v) is 12.3. The molecule has 21 heavy (non-hydrogen) atoms. The number of hydrogen-bond donors (Lipinski definition) is 1. The van der Waals surface area contributed by atoms with E-state index in [1.165, 1.54) is 19.3 Å². The normalized spacial score (nSPS) is 17.4. The first kappa shape index (κ1) is 15.3. The van der Waals surface area contributed by atoms with E-state index in [2.05, 4.69) is 5.32 Å². The zero-order chi connectivity index (χ0) is 14.9. The van der Waals surface area contributed by atoms with E-state index >= 15 is 0 Å². The van der Waals surface area contributed by atoms with Crippen molar-refractivity contribution in [1.82, 2.24) is 5.32 Å². The molecule has 110 valence electrons. The fourth-order valence-electron chi connectivity index (χ4n) is 2.73. The predicted molar refractivity (Wildman–Crippen MR) is 84.3 cm³/mol. The zero-order valence-electron chi connectivity index (χ0n) is 12.3. The molecule has 1 aromatic carbocycles. The van der Waals surface area contributed by atoms with Gasteiger partial charge in [0, 0.05) is 6.04 Å². The van der Waals surface area contributed by atoms with Crippen molar-refractivity contribution in [2.75, 3.05) is 0 Å². The quantitative estimate of drug-likeness (QED) is 0.676. The van der Waals surface area contributed by atoms with Crippen molar-refractivity contribution in [3.8, 4) is 6.07 Å². The summed E-state index contributed by atoms with van der Waals surface area (Å²) in [5, 5.41) is 12.2. The highest BCUT2D eigenvalue weighted by molar-refractivity contribution is 6.01. The summed E-state index contributed by atoms with van der Waals surface area (Å²) in [6.07, 6.45) is 9.82. The second-order valence-corrected chi connectivity index (χ2v) is 5.60. The number of benzene rings is 1.